The Bertz CT molecular complexity index is 87.1. The summed E-state index contributed by atoms with van der Waals surface area (Å²) in [6, 6.07) is 0. The van der Waals surface area contributed by atoms with E-state index in [0.717, 1.165) is 17.3 Å². The Morgan fingerprint density at radius 3 is 2.42 bits per heavy atom. The van der Waals surface area contributed by atoms with Crippen molar-refractivity contribution in [2.45, 2.75) is 24.5 Å². The molecule has 74 valence electrons. The van der Waals surface area contributed by atoms with Crippen molar-refractivity contribution in [2.75, 3.05) is 23.0 Å². The van der Waals surface area contributed by atoms with Gasteiger partial charge in [0, 0.05) is 16.8 Å². The van der Waals surface area contributed by atoms with Gasteiger partial charge in [0.1, 0.15) is 0 Å². The summed E-state index contributed by atoms with van der Waals surface area (Å²) >= 11 is 14.7. The van der Waals surface area contributed by atoms with Gasteiger partial charge in [-0.2, -0.15) is 49.6 Å². The normalized spacial score (nSPS) is 13.2. The van der Waals surface area contributed by atoms with E-state index in [-0.39, 0.29) is 0 Å². The molecule has 12 heavy (non-hydrogen) atoms. The van der Waals surface area contributed by atoms with Crippen LogP contribution in [-0.4, -0.2) is 28.3 Å². The highest BCUT2D eigenvalue weighted by Gasteiger charge is 1.98. The maximum atomic E-state index is 4.36. The minimum absolute atomic E-state index is 0.461. The average molecular weight is 243 g/mol. The molecule has 0 fully saturated rings. The molecule has 1 unspecified atom stereocenters. The van der Waals surface area contributed by atoms with Gasteiger partial charge in [-0.3, -0.25) is 0 Å². The lowest BCUT2D eigenvalue weighted by Crippen LogP contribution is -2.04. The second-order valence-electron chi connectivity index (χ2n) is 2.70. The Hall–Kier alpha value is 1.40. The Kier molecular flexibility index (Phi) is 11.7. The summed E-state index contributed by atoms with van der Waals surface area (Å²) in [5.41, 5.74) is 0. The predicted octanol–water partition coefficient (Wildman–Crippen LogP) is 3.05. The third-order valence-corrected chi connectivity index (χ3v) is 4.34. The van der Waals surface area contributed by atoms with Crippen molar-refractivity contribution in [3.05, 3.63) is 0 Å². The van der Waals surface area contributed by atoms with Crippen molar-refractivity contribution in [1.82, 2.24) is 0 Å². The van der Waals surface area contributed by atoms with E-state index in [1.807, 2.05) is 11.8 Å². The summed E-state index contributed by atoms with van der Waals surface area (Å²) in [5, 5.41) is 0.461. The van der Waals surface area contributed by atoms with Crippen molar-refractivity contribution in [3.63, 3.8) is 0 Å². The average Bonchev–Trinajstić information content (AvgIpc) is 2.10. The molecule has 0 heterocycles. The summed E-state index contributed by atoms with van der Waals surface area (Å²) in [6.07, 6.45) is 3.88. The molecule has 0 saturated heterocycles. The molecule has 0 rings (SSSR count). The molecule has 0 aromatic carbocycles. The quantitative estimate of drug-likeness (QED) is 0.434. The Morgan fingerprint density at radius 1 is 1.08 bits per heavy atom. The maximum Gasteiger partial charge on any atom is 0.0196 e. The van der Waals surface area contributed by atoms with Crippen LogP contribution < -0.4 is 0 Å². The number of rotatable bonds is 8. The van der Waals surface area contributed by atoms with Gasteiger partial charge in [0.25, 0.3) is 0 Å². The zero-order valence-corrected chi connectivity index (χ0v) is 10.8. The molecule has 0 bridgehead atoms. The van der Waals surface area contributed by atoms with Crippen LogP contribution in [0.15, 0.2) is 0 Å². The monoisotopic (exact) mass is 242 g/mol. The smallest absolute Gasteiger partial charge is 0.0196 e. The fourth-order valence-electron chi connectivity index (χ4n) is 0.765. The lowest BCUT2D eigenvalue weighted by molar-refractivity contribution is 0.787. The standard InChI is InChI=1S/C8H18S4/c9-4-2-1-3-5-12-7-8(11)6-10/h8-11H,1-7H2. The molecule has 0 aromatic heterocycles. The third-order valence-electron chi connectivity index (χ3n) is 1.47. The van der Waals surface area contributed by atoms with Gasteiger partial charge >= 0.3 is 0 Å². The van der Waals surface area contributed by atoms with Gasteiger partial charge in [-0.05, 0) is 24.3 Å². The highest BCUT2D eigenvalue weighted by molar-refractivity contribution is 8.00. The van der Waals surface area contributed by atoms with Crippen molar-refractivity contribution < 1.29 is 0 Å². The van der Waals surface area contributed by atoms with Crippen LogP contribution in [0, 0.1) is 0 Å². The van der Waals surface area contributed by atoms with E-state index in [1.165, 1.54) is 25.0 Å². The predicted molar refractivity (Wildman–Crippen MR) is 71.7 cm³/mol. The molecular weight excluding hydrogens is 224 g/mol. The van der Waals surface area contributed by atoms with Crippen molar-refractivity contribution in [3.8, 4) is 0 Å². The van der Waals surface area contributed by atoms with Crippen LogP contribution in [0.3, 0.4) is 0 Å². The Balaban J connectivity index is 2.90. The van der Waals surface area contributed by atoms with Crippen LogP contribution in [0.25, 0.3) is 0 Å². The lowest BCUT2D eigenvalue weighted by atomic mass is 10.3. The molecule has 0 radical (unpaired) electrons. The van der Waals surface area contributed by atoms with E-state index in [1.54, 1.807) is 0 Å². The second-order valence-corrected chi connectivity index (χ2v) is 5.39. The second kappa shape index (κ2) is 10.5. The van der Waals surface area contributed by atoms with Gasteiger partial charge in [0.05, 0.1) is 0 Å². The van der Waals surface area contributed by atoms with E-state index in [2.05, 4.69) is 37.9 Å². The van der Waals surface area contributed by atoms with E-state index in [9.17, 15) is 0 Å². The maximum absolute atomic E-state index is 4.36. The minimum Gasteiger partial charge on any atom is -0.179 e. The fourth-order valence-corrected chi connectivity index (χ4v) is 2.57. The lowest BCUT2D eigenvalue weighted by Gasteiger charge is -2.05. The molecule has 0 aliphatic heterocycles. The van der Waals surface area contributed by atoms with Gasteiger partial charge in [-0.25, -0.2) is 0 Å². The number of hydrogen-bond acceptors (Lipinski definition) is 4. The minimum atomic E-state index is 0.461. The number of hydrogen-bond donors (Lipinski definition) is 3. The Morgan fingerprint density at radius 2 is 1.83 bits per heavy atom. The summed E-state index contributed by atoms with van der Waals surface area (Å²) in [5.74, 6) is 4.30. The first-order chi connectivity index (χ1) is 5.81. The van der Waals surface area contributed by atoms with E-state index < -0.39 is 0 Å². The third kappa shape index (κ3) is 9.49. The number of unbranched alkanes of at least 4 members (excludes halogenated alkanes) is 2. The van der Waals surface area contributed by atoms with Crippen LogP contribution in [0.2, 0.25) is 0 Å². The largest absolute Gasteiger partial charge is 0.179 e. The first-order valence-electron chi connectivity index (χ1n) is 4.28. The van der Waals surface area contributed by atoms with Crippen LogP contribution in [0.5, 0.6) is 0 Å². The van der Waals surface area contributed by atoms with Crippen LogP contribution in [-0.2, 0) is 0 Å². The van der Waals surface area contributed by atoms with Crippen molar-refractivity contribution >= 4 is 49.6 Å². The Labute approximate surface area is 96.9 Å². The molecule has 1 atom stereocenters. The van der Waals surface area contributed by atoms with Crippen LogP contribution in [0.4, 0.5) is 0 Å². The van der Waals surface area contributed by atoms with E-state index in [0.29, 0.717) is 5.25 Å². The molecule has 0 aliphatic rings. The molecule has 0 amide bonds. The van der Waals surface area contributed by atoms with Gasteiger partial charge in [0.15, 0.2) is 0 Å². The molecule has 0 spiro atoms. The molecule has 4 heteroatoms. The van der Waals surface area contributed by atoms with E-state index >= 15 is 0 Å². The number of thiol groups is 3. The molecule has 0 aliphatic carbocycles. The molecule has 0 N–H and O–H groups in total. The summed E-state index contributed by atoms with van der Waals surface area (Å²) < 4.78 is 0. The molecule has 0 saturated carbocycles. The first kappa shape index (κ1) is 13.4. The van der Waals surface area contributed by atoms with Gasteiger partial charge in [0.2, 0.25) is 0 Å². The van der Waals surface area contributed by atoms with Crippen molar-refractivity contribution in [2.24, 2.45) is 0 Å². The van der Waals surface area contributed by atoms with Gasteiger partial charge < -0.3 is 0 Å². The van der Waals surface area contributed by atoms with E-state index in [4.69, 9.17) is 0 Å². The first-order valence-corrected chi connectivity index (χ1v) is 7.22. The van der Waals surface area contributed by atoms with Crippen molar-refractivity contribution in [1.29, 1.82) is 0 Å². The van der Waals surface area contributed by atoms with Crippen LogP contribution >= 0.6 is 49.6 Å². The van der Waals surface area contributed by atoms with Gasteiger partial charge in [-0.1, -0.05) is 6.42 Å². The topological polar surface area (TPSA) is 0 Å². The summed E-state index contributed by atoms with van der Waals surface area (Å²) in [7, 11) is 0. The fraction of sp³-hybridized carbons (Fsp3) is 1.00. The zero-order chi connectivity index (χ0) is 9.23. The number of thioether (sulfide) groups is 1. The molecular formula is C8H18S4. The zero-order valence-electron chi connectivity index (χ0n) is 7.28. The van der Waals surface area contributed by atoms with Crippen LogP contribution in [0.1, 0.15) is 19.3 Å². The highest BCUT2D eigenvalue weighted by atomic mass is 32.2. The molecule has 0 aromatic rings. The molecule has 0 nitrogen and oxygen atoms in total. The highest BCUT2D eigenvalue weighted by Crippen LogP contribution is 2.11. The summed E-state index contributed by atoms with van der Waals surface area (Å²) in [4.78, 5) is 0. The van der Waals surface area contributed by atoms with Gasteiger partial charge in [-0.15, -0.1) is 0 Å². The summed E-state index contributed by atoms with van der Waals surface area (Å²) in [6.45, 7) is 0. The SMILES string of the molecule is SCCCCCSCC(S)CS.